The Morgan fingerprint density at radius 2 is 1.67 bits per heavy atom. The highest BCUT2D eigenvalue weighted by atomic mass is 14.5. The third-order valence-corrected chi connectivity index (χ3v) is 2.72. The van der Waals surface area contributed by atoms with Crippen LogP contribution in [0.1, 0.15) is 32.1 Å². The summed E-state index contributed by atoms with van der Waals surface area (Å²) in [5.41, 5.74) is 1.02. The van der Waals surface area contributed by atoms with Gasteiger partial charge < -0.3 is 5.41 Å². The SMILES string of the molecule is N=C1CC2CCC(C1)C2. The predicted molar refractivity (Wildman–Crippen MR) is 37.8 cm³/mol. The Morgan fingerprint density at radius 1 is 1.11 bits per heavy atom. The van der Waals surface area contributed by atoms with Gasteiger partial charge in [-0.1, -0.05) is 0 Å². The van der Waals surface area contributed by atoms with Crippen molar-refractivity contribution in [1.29, 1.82) is 5.41 Å². The first-order valence-corrected chi connectivity index (χ1v) is 3.91. The van der Waals surface area contributed by atoms with E-state index >= 15 is 0 Å². The number of nitrogens with one attached hydrogen (secondary N) is 1. The molecule has 0 heterocycles. The summed E-state index contributed by atoms with van der Waals surface area (Å²) in [6, 6.07) is 0. The van der Waals surface area contributed by atoms with E-state index in [2.05, 4.69) is 0 Å². The molecule has 2 rings (SSSR count). The van der Waals surface area contributed by atoms with Gasteiger partial charge in [0, 0.05) is 5.71 Å². The average molecular weight is 123 g/mol. The van der Waals surface area contributed by atoms with E-state index in [1.165, 1.54) is 19.3 Å². The molecule has 2 bridgehead atoms. The molecule has 0 saturated heterocycles. The van der Waals surface area contributed by atoms with Gasteiger partial charge in [-0.05, 0) is 43.9 Å². The Hall–Kier alpha value is -0.330. The van der Waals surface area contributed by atoms with Crippen molar-refractivity contribution >= 4 is 5.71 Å². The fourth-order valence-electron chi connectivity index (χ4n) is 2.33. The number of fused-ring (bicyclic) bond motifs is 2. The molecule has 0 amide bonds. The Bertz CT molecular complexity index is 126. The van der Waals surface area contributed by atoms with Crippen molar-refractivity contribution in [2.24, 2.45) is 11.8 Å². The summed E-state index contributed by atoms with van der Waals surface area (Å²) in [4.78, 5) is 0. The van der Waals surface area contributed by atoms with Crippen LogP contribution in [-0.4, -0.2) is 5.71 Å². The second kappa shape index (κ2) is 1.83. The molecule has 0 aromatic heterocycles. The lowest BCUT2D eigenvalue weighted by atomic mass is 9.88. The molecule has 9 heavy (non-hydrogen) atoms. The Balaban J connectivity index is 2.11. The molecular weight excluding hydrogens is 110 g/mol. The van der Waals surface area contributed by atoms with Crippen molar-refractivity contribution in [3.8, 4) is 0 Å². The van der Waals surface area contributed by atoms with Crippen LogP contribution < -0.4 is 0 Å². The summed E-state index contributed by atoms with van der Waals surface area (Å²) in [6.45, 7) is 0. The zero-order chi connectivity index (χ0) is 6.27. The molecule has 2 saturated carbocycles. The van der Waals surface area contributed by atoms with E-state index in [1.807, 2.05) is 0 Å². The van der Waals surface area contributed by atoms with Crippen LogP contribution in [0, 0.1) is 17.2 Å². The van der Waals surface area contributed by atoms with Crippen LogP contribution in [0.25, 0.3) is 0 Å². The van der Waals surface area contributed by atoms with Gasteiger partial charge in [-0.25, -0.2) is 0 Å². The zero-order valence-electron chi connectivity index (χ0n) is 5.69. The average Bonchev–Trinajstić information content (AvgIpc) is 2.11. The minimum absolute atomic E-state index is 0.913. The van der Waals surface area contributed by atoms with Gasteiger partial charge in [0.25, 0.3) is 0 Å². The van der Waals surface area contributed by atoms with Crippen molar-refractivity contribution in [3.05, 3.63) is 0 Å². The second-order valence-electron chi connectivity index (χ2n) is 3.56. The molecule has 0 radical (unpaired) electrons. The second-order valence-corrected chi connectivity index (χ2v) is 3.56. The zero-order valence-corrected chi connectivity index (χ0v) is 5.69. The molecule has 2 atom stereocenters. The van der Waals surface area contributed by atoms with E-state index in [0.29, 0.717) is 0 Å². The molecule has 2 fully saturated rings. The first-order valence-electron chi connectivity index (χ1n) is 3.91. The summed E-state index contributed by atoms with van der Waals surface area (Å²) < 4.78 is 0. The largest absolute Gasteiger partial charge is 0.310 e. The smallest absolute Gasteiger partial charge is 0.00946 e. The fraction of sp³-hybridized carbons (Fsp3) is 0.875. The molecule has 1 nitrogen and oxygen atoms in total. The molecule has 0 aromatic rings. The summed E-state index contributed by atoms with van der Waals surface area (Å²) in [7, 11) is 0. The summed E-state index contributed by atoms with van der Waals surface area (Å²) >= 11 is 0. The van der Waals surface area contributed by atoms with E-state index in [1.54, 1.807) is 0 Å². The van der Waals surface area contributed by atoms with Gasteiger partial charge in [-0.3, -0.25) is 0 Å². The first kappa shape index (κ1) is 5.45. The van der Waals surface area contributed by atoms with Crippen LogP contribution in [0.5, 0.6) is 0 Å². The minimum Gasteiger partial charge on any atom is -0.310 e. The maximum atomic E-state index is 7.49. The molecule has 0 aromatic carbocycles. The van der Waals surface area contributed by atoms with Crippen molar-refractivity contribution in [3.63, 3.8) is 0 Å². The van der Waals surface area contributed by atoms with Crippen LogP contribution in [0.4, 0.5) is 0 Å². The normalized spacial score (nSPS) is 41.6. The van der Waals surface area contributed by atoms with Gasteiger partial charge in [0.1, 0.15) is 0 Å². The van der Waals surface area contributed by atoms with E-state index < -0.39 is 0 Å². The standard InChI is InChI=1S/C8H13N/c9-8-4-6-1-2-7(3-6)5-8/h6-7,9H,1-5H2. The number of hydrogen-bond acceptors (Lipinski definition) is 1. The van der Waals surface area contributed by atoms with Crippen LogP contribution in [-0.2, 0) is 0 Å². The van der Waals surface area contributed by atoms with E-state index in [9.17, 15) is 0 Å². The van der Waals surface area contributed by atoms with Crippen molar-refractivity contribution in [1.82, 2.24) is 0 Å². The van der Waals surface area contributed by atoms with E-state index in [-0.39, 0.29) is 0 Å². The van der Waals surface area contributed by atoms with Crippen LogP contribution in [0.15, 0.2) is 0 Å². The summed E-state index contributed by atoms with van der Waals surface area (Å²) in [5.74, 6) is 1.83. The van der Waals surface area contributed by atoms with Gasteiger partial charge >= 0.3 is 0 Å². The number of rotatable bonds is 0. The van der Waals surface area contributed by atoms with Gasteiger partial charge in [0.2, 0.25) is 0 Å². The highest BCUT2D eigenvalue weighted by Gasteiger charge is 2.30. The van der Waals surface area contributed by atoms with Crippen molar-refractivity contribution in [2.45, 2.75) is 32.1 Å². The van der Waals surface area contributed by atoms with Crippen LogP contribution in [0.2, 0.25) is 0 Å². The Kier molecular flexibility index (Phi) is 1.11. The highest BCUT2D eigenvalue weighted by molar-refractivity contribution is 5.82. The molecule has 0 aliphatic heterocycles. The monoisotopic (exact) mass is 123 g/mol. The maximum absolute atomic E-state index is 7.49. The maximum Gasteiger partial charge on any atom is 0.00946 e. The molecule has 1 N–H and O–H groups in total. The van der Waals surface area contributed by atoms with E-state index in [0.717, 1.165) is 30.4 Å². The predicted octanol–water partition coefficient (Wildman–Crippen LogP) is 2.22. The van der Waals surface area contributed by atoms with Crippen LogP contribution in [0.3, 0.4) is 0 Å². The molecule has 2 unspecified atom stereocenters. The quantitative estimate of drug-likeness (QED) is 0.510. The lowest BCUT2D eigenvalue weighted by Gasteiger charge is -2.18. The molecule has 2 aliphatic rings. The van der Waals surface area contributed by atoms with E-state index in [4.69, 9.17) is 5.41 Å². The molecule has 1 heteroatoms. The third-order valence-electron chi connectivity index (χ3n) is 2.72. The summed E-state index contributed by atoms with van der Waals surface area (Å²) in [6.07, 6.45) is 6.50. The van der Waals surface area contributed by atoms with Gasteiger partial charge in [0.15, 0.2) is 0 Å². The van der Waals surface area contributed by atoms with Gasteiger partial charge in [-0.15, -0.1) is 0 Å². The fourth-order valence-corrected chi connectivity index (χ4v) is 2.33. The molecule has 50 valence electrons. The van der Waals surface area contributed by atoms with Crippen molar-refractivity contribution in [2.75, 3.05) is 0 Å². The van der Waals surface area contributed by atoms with Crippen LogP contribution >= 0.6 is 0 Å². The minimum atomic E-state index is 0.913. The van der Waals surface area contributed by atoms with Gasteiger partial charge in [0.05, 0.1) is 0 Å². The Labute approximate surface area is 56.0 Å². The highest BCUT2D eigenvalue weighted by Crippen LogP contribution is 2.40. The topological polar surface area (TPSA) is 23.9 Å². The Morgan fingerprint density at radius 3 is 2.22 bits per heavy atom. The molecule has 2 aliphatic carbocycles. The van der Waals surface area contributed by atoms with Crippen molar-refractivity contribution < 1.29 is 0 Å². The lowest BCUT2D eigenvalue weighted by Crippen LogP contribution is -2.13. The molecular formula is C8H13N. The number of hydrogen-bond donors (Lipinski definition) is 1. The first-order chi connectivity index (χ1) is 4.34. The lowest BCUT2D eigenvalue weighted by molar-refractivity contribution is 0.473. The summed E-state index contributed by atoms with van der Waals surface area (Å²) in [5, 5.41) is 7.49. The third kappa shape index (κ3) is 0.887. The molecule has 0 spiro atoms. The van der Waals surface area contributed by atoms with Gasteiger partial charge in [-0.2, -0.15) is 0 Å².